The van der Waals surface area contributed by atoms with Crippen molar-refractivity contribution in [2.45, 2.75) is 65.2 Å². The number of nitrogens with zero attached hydrogens (tertiary/aromatic N) is 2. The standard InChI is InChI=1S/C10H15NO2.C9H18N2O2/c1-10(2,3)13-9(12)11-7-5-4-6-8-11;1-9(2,3)13-8(12)11-5-4-7(10)6-11/h4-7H,8H2,1-3H3;7H,4-6,10H2,1-3H3/t;7-/m.0/s1. The lowest BCUT2D eigenvalue weighted by molar-refractivity contribution is 0.0291. The third-order valence-corrected chi connectivity index (χ3v) is 3.32. The van der Waals surface area contributed by atoms with Gasteiger partial charge in [0.2, 0.25) is 0 Å². The maximum atomic E-state index is 11.5. The molecule has 0 unspecified atom stereocenters. The maximum Gasteiger partial charge on any atom is 0.414 e. The molecular weight excluding hydrogens is 334 g/mol. The Hall–Kier alpha value is -2.02. The van der Waals surface area contributed by atoms with Gasteiger partial charge in [-0.1, -0.05) is 12.2 Å². The van der Waals surface area contributed by atoms with Gasteiger partial charge in [-0.25, -0.2) is 9.59 Å². The average molecular weight is 367 g/mol. The van der Waals surface area contributed by atoms with Crippen LogP contribution in [0.1, 0.15) is 48.0 Å². The third kappa shape index (κ3) is 8.89. The van der Waals surface area contributed by atoms with Gasteiger partial charge in [-0.2, -0.15) is 0 Å². The highest BCUT2D eigenvalue weighted by Crippen LogP contribution is 2.14. The topological polar surface area (TPSA) is 85.1 Å². The molecule has 2 aliphatic rings. The van der Waals surface area contributed by atoms with Crippen LogP contribution < -0.4 is 5.73 Å². The van der Waals surface area contributed by atoms with E-state index >= 15 is 0 Å². The van der Waals surface area contributed by atoms with E-state index in [1.54, 1.807) is 11.1 Å². The fourth-order valence-electron chi connectivity index (χ4n) is 2.20. The Morgan fingerprint density at radius 3 is 2.00 bits per heavy atom. The van der Waals surface area contributed by atoms with Crippen LogP contribution in [0.2, 0.25) is 0 Å². The molecule has 7 nitrogen and oxygen atoms in total. The van der Waals surface area contributed by atoms with Crippen LogP contribution in [0.5, 0.6) is 0 Å². The fourth-order valence-corrected chi connectivity index (χ4v) is 2.20. The molecule has 0 saturated carbocycles. The van der Waals surface area contributed by atoms with Crippen LogP contribution in [0.25, 0.3) is 0 Å². The molecule has 0 radical (unpaired) electrons. The molecule has 0 aromatic heterocycles. The normalized spacial score (nSPS) is 19.7. The molecular formula is C19H33N3O4. The molecule has 0 bridgehead atoms. The lowest BCUT2D eigenvalue weighted by Gasteiger charge is -2.25. The van der Waals surface area contributed by atoms with Crippen LogP contribution in [0.3, 0.4) is 0 Å². The summed E-state index contributed by atoms with van der Waals surface area (Å²) in [5.41, 5.74) is 4.84. The number of rotatable bonds is 0. The number of hydrogen-bond acceptors (Lipinski definition) is 5. The molecule has 2 aliphatic heterocycles. The SMILES string of the molecule is CC(C)(C)OC(=O)N1C=CC=CC1.CC(C)(C)OC(=O)N1CC[C@H](N)C1. The second-order valence-electron chi connectivity index (χ2n) is 8.38. The molecule has 0 aromatic carbocycles. The summed E-state index contributed by atoms with van der Waals surface area (Å²) in [6, 6.07) is 0.118. The maximum absolute atomic E-state index is 11.5. The van der Waals surface area contributed by atoms with E-state index in [1.165, 1.54) is 4.90 Å². The Labute approximate surface area is 156 Å². The van der Waals surface area contributed by atoms with E-state index in [-0.39, 0.29) is 18.2 Å². The summed E-state index contributed by atoms with van der Waals surface area (Å²) < 4.78 is 10.4. The fraction of sp³-hybridized carbons (Fsp3) is 0.684. The van der Waals surface area contributed by atoms with Gasteiger partial charge in [-0.05, 0) is 54.0 Å². The molecule has 1 saturated heterocycles. The molecule has 0 aliphatic carbocycles. The first-order valence-corrected chi connectivity index (χ1v) is 8.94. The van der Waals surface area contributed by atoms with E-state index in [9.17, 15) is 9.59 Å². The minimum atomic E-state index is -0.425. The molecule has 2 amide bonds. The number of amides is 2. The molecule has 148 valence electrons. The quantitative estimate of drug-likeness (QED) is 0.710. The van der Waals surface area contributed by atoms with Crippen LogP contribution >= 0.6 is 0 Å². The largest absolute Gasteiger partial charge is 0.444 e. The van der Waals surface area contributed by atoms with Gasteiger partial charge < -0.3 is 20.1 Å². The van der Waals surface area contributed by atoms with Crippen LogP contribution in [0, 0.1) is 0 Å². The van der Waals surface area contributed by atoms with E-state index in [0.29, 0.717) is 13.1 Å². The highest BCUT2D eigenvalue weighted by molar-refractivity contribution is 5.70. The zero-order valence-corrected chi connectivity index (χ0v) is 16.8. The van der Waals surface area contributed by atoms with Crippen molar-refractivity contribution in [3.63, 3.8) is 0 Å². The first-order chi connectivity index (χ1) is 11.9. The zero-order valence-electron chi connectivity index (χ0n) is 16.8. The summed E-state index contributed by atoms with van der Waals surface area (Å²) in [6.45, 7) is 13.1. The summed E-state index contributed by atoms with van der Waals surface area (Å²) in [5, 5.41) is 0. The highest BCUT2D eigenvalue weighted by atomic mass is 16.6. The predicted octanol–water partition coefficient (Wildman–Crippen LogP) is 3.26. The van der Waals surface area contributed by atoms with Gasteiger partial charge in [0, 0.05) is 31.9 Å². The average Bonchev–Trinajstić information content (AvgIpc) is 2.92. The molecule has 7 heteroatoms. The van der Waals surface area contributed by atoms with E-state index < -0.39 is 11.2 Å². The summed E-state index contributed by atoms with van der Waals surface area (Å²) in [7, 11) is 0. The van der Waals surface area contributed by atoms with Crippen LogP contribution in [0.15, 0.2) is 24.4 Å². The number of carbonyl (C=O) groups excluding carboxylic acids is 2. The number of hydrogen-bond donors (Lipinski definition) is 1. The van der Waals surface area contributed by atoms with Crippen molar-refractivity contribution in [3.05, 3.63) is 24.4 Å². The van der Waals surface area contributed by atoms with Crippen LogP contribution in [0.4, 0.5) is 9.59 Å². The van der Waals surface area contributed by atoms with Gasteiger partial charge in [0.15, 0.2) is 0 Å². The smallest absolute Gasteiger partial charge is 0.414 e. The minimum absolute atomic E-state index is 0.118. The summed E-state index contributed by atoms with van der Waals surface area (Å²) in [5.74, 6) is 0. The second-order valence-corrected chi connectivity index (χ2v) is 8.38. The van der Waals surface area contributed by atoms with Gasteiger partial charge in [0.1, 0.15) is 11.2 Å². The summed E-state index contributed by atoms with van der Waals surface area (Å²) in [4.78, 5) is 26.1. The summed E-state index contributed by atoms with van der Waals surface area (Å²) in [6.07, 6.45) is 7.67. The van der Waals surface area contributed by atoms with Gasteiger partial charge in [-0.3, -0.25) is 4.90 Å². The van der Waals surface area contributed by atoms with E-state index in [4.69, 9.17) is 15.2 Å². The molecule has 2 N–H and O–H groups in total. The molecule has 1 fully saturated rings. The van der Waals surface area contributed by atoms with E-state index in [1.807, 2.05) is 59.8 Å². The number of carbonyl (C=O) groups is 2. The van der Waals surface area contributed by atoms with Crippen LogP contribution in [-0.2, 0) is 9.47 Å². The second kappa shape index (κ2) is 9.07. The van der Waals surface area contributed by atoms with Crippen molar-refractivity contribution < 1.29 is 19.1 Å². The van der Waals surface area contributed by atoms with Gasteiger partial charge in [0.05, 0.1) is 0 Å². The number of allylic oxidation sites excluding steroid dienone is 2. The zero-order chi connectivity index (χ0) is 20.0. The molecule has 26 heavy (non-hydrogen) atoms. The van der Waals surface area contributed by atoms with Crippen molar-refractivity contribution in [1.82, 2.24) is 9.80 Å². The lowest BCUT2D eigenvalue weighted by atomic mass is 10.2. The first kappa shape index (κ1) is 22.0. The summed E-state index contributed by atoms with van der Waals surface area (Å²) >= 11 is 0. The van der Waals surface area contributed by atoms with Crippen molar-refractivity contribution in [3.8, 4) is 0 Å². The number of nitrogens with two attached hydrogens (primary N) is 1. The monoisotopic (exact) mass is 367 g/mol. The minimum Gasteiger partial charge on any atom is -0.444 e. The Bertz CT molecular complexity index is 544. The lowest BCUT2D eigenvalue weighted by Crippen LogP contribution is -2.36. The van der Waals surface area contributed by atoms with Gasteiger partial charge >= 0.3 is 12.2 Å². The molecule has 1 atom stereocenters. The van der Waals surface area contributed by atoms with Crippen molar-refractivity contribution >= 4 is 12.2 Å². The number of ether oxygens (including phenoxy) is 2. The van der Waals surface area contributed by atoms with Crippen molar-refractivity contribution in [1.29, 1.82) is 0 Å². The Balaban J connectivity index is 0.000000260. The highest BCUT2D eigenvalue weighted by Gasteiger charge is 2.27. The van der Waals surface area contributed by atoms with Crippen molar-refractivity contribution in [2.24, 2.45) is 5.73 Å². The molecule has 2 rings (SSSR count). The third-order valence-electron chi connectivity index (χ3n) is 3.32. The molecule has 0 aromatic rings. The van der Waals surface area contributed by atoms with E-state index in [0.717, 1.165) is 13.0 Å². The Morgan fingerprint density at radius 1 is 1.00 bits per heavy atom. The Kier molecular flexibility index (Phi) is 7.68. The van der Waals surface area contributed by atoms with Gasteiger partial charge in [-0.15, -0.1) is 0 Å². The Morgan fingerprint density at radius 2 is 1.58 bits per heavy atom. The number of likely N-dealkylation sites (tertiary alicyclic amines) is 1. The first-order valence-electron chi connectivity index (χ1n) is 8.94. The van der Waals surface area contributed by atoms with E-state index in [2.05, 4.69) is 0 Å². The molecule has 2 heterocycles. The van der Waals surface area contributed by atoms with Gasteiger partial charge in [0.25, 0.3) is 0 Å². The predicted molar refractivity (Wildman–Crippen MR) is 102 cm³/mol. The molecule has 0 spiro atoms. The van der Waals surface area contributed by atoms with Crippen LogP contribution in [-0.4, -0.2) is 58.9 Å². The van der Waals surface area contributed by atoms with Crippen molar-refractivity contribution in [2.75, 3.05) is 19.6 Å².